The number of aliphatic hydroxyl groups excluding tert-OH is 1. The van der Waals surface area contributed by atoms with Crippen molar-refractivity contribution in [2.45, 2.75) is 44.6 Å². The van der Waals surface area contributed by atoms with Gasteiger partial charge < -0.3 is 26.6 Å². The Labute approximate surface area is 122 Å². The summed E-state index contributed by atoms with van der Waals surface area (Å²) in [5.74, 6) is 0.104. The molecule has 6 heteroatoms. The molecule has 0 fully saturated rings. The van der Waals surface area contributed by atoms with E-state index in [9.17, 15) is 4.79 Å². The Bertz CT molecular complexity index is 240. The molecule has 2 atom stereocenters. The number of amides is 1. The zero-order chi connectivity index (χ0) is 15.2. The number of carbonyl (C=O) groups excluding carboxylic acids is 1. The summed E-state index contributed by atoms with van der Waals surface area (Å²) in [6.45, 7) is 2.00. The van der Waals surface area contributed by atoms with Crippen LogP contribution in [0.5, 0.6) is 0 Å². The highest BCUT2D eigenvalue weighted by Gasteiger charge is 2.12. The largest absolute Gasteiger partial charge is 0.396 e. The van der Waals surface area contributed by atoms with Gasteiger partial charge in [-0.05, 0) is 32.2 Å². The lowest BCUT2D eigenvalue weighted by Gasteiger charge is -2.14. The van der Waals surface area contributed by atoms with Crippen LogP contribution in [0.15, 0.2) is 0 Å². The molecule has 1 unspecified atom stereocenters. The van der Waals surface area contributed by atoms with Crippen LogP contribution < -0.4 is 16.8 Å². The van der Waals surface area contributed by atoms with Crippen LogP contribution in [0.4, 0.5) is 0 Å². The van der Waals surface area contributed by atoms with Gasteiger partial charge in [-0.3, -0.25) is 4.79 Å². The molecule has 0 aliphatic carbocycles. The van der Waals surface area contributed by atoms with E-state index in [2.05, 4.69) is 5.32 Å². The maximum Gasteiger partial charge on any atom is 0.236 e. The van der Waals surface area contributed by atoms with Crippen molar-refractivity contribution in [2.24, 2.45) is 17.4 Å². The van der Waals surface area contributed by atoms with Gasteiger partial charge >= 0.3 is 0 Å². The number of hydrogen-bond donors (Lipinski definition) is 4. The second-order valence-electron chi connectivity index (χ2n) is 5.18. The molecule has 20 heavy (non-hydrogen) atoms. The molecule has 0 saturated carbocycles. The van der Waals surface area contributed by atoms with Crippen LogP contribution in [-0.2, 0) is 9.53 Å². The first-order valence-electron chi connectivity index (χ1n) is 7.48. The van der Waals surface area contributed by atoms with E-state index in [1.165, 1.54) is 0 Å². The molecule has 6 nitrogen and oxygen atoms in total. The van der Waals surface area contributed by atoms with E-state index in [0.717, 1.165) is 32.1 Å². The predicted octanol–water partition coefficient (Wildman–Crippen LogP) is -0.0159. The Morgan fingerprint density at radius 2 is 1.95 bits per heavy atom. The van der Waals surface area contributed by atoms with Gasteiger partial charge in [0.25, 0.3) is 0 Å². The van der Waals surface area contributed by atoms with Gasteiger partial charge in [0.05, 0.1) is 12.6 Å². The zero-order valence-corrected chi connectivity index (χ0v) is 12.6. The van der Waals surface area contributed by atoms with E-state index < -0.39 is 6.04 Å². The van der Waals surface area contributed by atoms with E-state index in [1.54, 1.807) is 7.11 Å². The lowest BCUT2D eigenvalue weighted by molar-refractivity contribution is -0.122. The molecule has 0 aliphatic heterocycles. The number of methoxy groups -OCH3 is 1. The van der Waals surface area contributed by atoms with Gasteiger partial charge in [0.1, 0.15) is 0 Å². The maximum atomic E-state index is 11.7. The topological polar surface area (TPSA) is 111 Å². The van der Waals surface area contributed by atoms with Crippen molar-refractivity contribution in [3.05, 3.63) is 0 Å². The number of unbranched alkanes of at least 4 members (excludes halogenated alkanes) is 2. The Morgan fingerprint density at radius 3 is 2.55 bits per heavy atom. The normalized spacial score (nSPS) is 14.0. The molecule has 1 amide bonds. The van der Waals surface area contributed by atoms with Gasteiger partial charge in [-0.25, -0.2) is 0 Å². The summed E-state index contributed by atoms with van der Waals surface area (Å²) in [4.78, 5) is 11.7. The molecular formula is C14H31N3O3. The summed E-state index contributed by atoms with van der Waals surface area (Å²) in [7, 11) is 1.63. The first kappa shape index (κ1) is 19.3. The molecule has 0 bridgehead atoms. The number of nitrogens with two attached hydrogens (primary N) is 2. The van der Waals surface area contributed by atoms with Crippen LogP contribution in [0.2, 0.25) is 0 Å². The monoisotopic (exact) mass is 289 g/mol. The maximum absolute atomic E-state index is 11.7. The highest BCUT2D eigenvalue weighted by molar-refractivity contribution is 5.81. The number of aliphatic hydroxyl groups is 1. The van der Waals surface area contributed by atoms with Crippen molar-refractivity contribution >= 4 is 5.91 Å². The van der Waals surface area contributed by atoms with Crippen LogP contribution in [0, 0.1) is 5.92 Å². The lowest BCUT2D eigenvalue weighted by Crippen LogP contribution is -2.40. The van der Waals surface area contributed by atoms with Crippen LogP contribution in [-0.4, -0.2) is 50.5 Å². The Hall–Kier alpha value is -0.690. The molecular weight excluding hydrogens is 258 g/mol. The fraction of sp³-hybridized carbons (Fsp3) is 0.929. The minimum absolute atomic E-state index is 0.0855. The third kappa shape index (κ3) is 10.1. The van der Waals surface area contributed by atoms with E-state index in [4.69, 9.17) is 21.3 Å². The zero-order valence-electron chi connectivity index (χ0n) is 12.6. The third-order valence-corrected chi connectivity index (χ3v) is 3.30. The van der Waals surface area contributed by atoms with Gasteiger partial charge in [0.15, 0.2) is 0 Å². The second-order valence-corrected chi connectivity index (χ2v) is 5.18. The van der Waals surface area contributed by atoms with Crippen molar-refractivity contribution < 1.29 is 14.6 Å². The molecule has 0 spiro atoms. The van der Waals surface area contributed by atoms with Gasteiger partial charge in [-0.2, -0.15) is 0 Å². The van der Waals surface area contributed by atoms with E-state index in [-0.39, 0.29) is 18.4 Å². The molecule has 0 heterocycles. The fourth-order valence-electron chi connectivity index (χ4n) is 2.00. The Morgan fingerprint density at radius 1 is 1.25 bits per heavy atom. The third-order valence-electron chi connectivity index (χ3n) is 3.30. The average Bonchev–Trinajstić information content (AvgIpc) is 2.45. The molecule has 0 aromatic rings. The molecule has 0 aliphatic rings. The predicted molar refractivity (Wildman–Crippen MR) is 80.2 cm³/mol. The van der Waals surface area contributed by atoms with E-state index in [0.29, 0.717) is 26.1 Å². The number of carbonyl (C=O) groups is 1. The molecule has 120 valence electrons. The summed E-state index contributed by atoms with van der Waals surface area (Å²) in [6, 6.07) is -0.430. The highest BCUT2D eigenvalue weighted by atomic mass is 16.5. The Balaban J connectivity index is 3.55. The summed E-state index contributed by atoms with van der Waals surface area (Å²) in [6.07, 6.45) is 5.23. The fourth-order valence-corrected chi connectivity index (χ4v) is 2.00. The Kier molecular flexibility index (Phi) is 12.8. The van der Waals surface area contributed by atoms with E-state index in [1.807, 2.05) is 0 Å². The van der Waals surface area contributed by atoms with Gasteiger partial charge in [-0.1, -0.05) is 12.8 Å². The number of nitrogens with one attached hydrogen (secondary N) is 1. The lowest BCUT2D eigenvalue weighted by atomic mass is 10.0. The molecule has 0 rings (SSSR count). The minimum atomic E-state index is -0.430. The van der Waals surface area contributed by atoms with Crippen molar-refractivity contribution in [3.63, 3.8) is 0 Å². The molecule has 0 aromatic carbocycles. The average molecular weight is 289 g/mol. The minimum Gasteiger partial charge on any atom is -0.396 e. The second kappa shape index (κ2) is 13.3. The summed E-state index contributed by atoms with van der Waals surface area (Å²) in [5, 5.41) is 11.9. The first-order chi connectivity index (χ1) is 9.65. The summed E-state index contributed by atoms with van der Waals surface area (Å²) < 4.78 is 5.01. The van der Waals surface area contributed by atoms with Crippen LogP contribution in [0.25, 0.3) is 0 Å². The van der Waals surface area contributed by atoms with Crippen LogP contribution in [0.1, 0.15) is 38.5 Å². The molecule has 0 aromatic heterocycles. The molecule has 6 N–H and O–H groups in total. The van der Waals surface area contributed by atoms with Gasteiger partial charge in [0.2, 0.25) is 5.91 Å². The van der Waals surface area contributed by atoms with Gasteiger partial charge in [0, 0.05) is 26.2 Å². The number of hydrogen-bond acceptors (Lipinski definition) is 5. The SMILES string of the molecule is COCC(CO)CCCCNC(=O)[C@H](N)CCCCN. The number of rotatable bonds is 13. The summed E-state index contributed by atoms with van der Waals surface area (Å²) in [5.41, 5.74) is 11.2. The van der Waals surface area contributed by atoms with Gasteiger partial charge in [-0.15, -0.1) is 0 Å². The smallest absolute Gasteiger partial charge is 0.236 e. The molecule has 0 saturated heterocycles. The number of ether oxygens (including phenoxy) is 1. The van der Waals surface area contributed by atoms with Crippen molar-refractivity contribution in [1.82, 2.24) is 5.32 Å². The van der Waals surface area contributed by atoms with Crippen LogP contribution >= 0.6 is 0 Å². The van der Waals surface area contributed by atoms with Crippen LogP contribution in [0.3, 0.4) is 0 Å². The standard InChI is InChI=1S/C14H31N3O3/c1-20-11-12(10-18)6-3-5-9-17-14(19)13(16)7-2-4-8-15/h12-13,18H,2-11,15-16H2,1H3,(H,17,19)/t12?,13-/m1/s1. The summed E-state index contributed by atoms with van der Waals surface area (Å²) >= 11 is 0. The quantitative estimate of drug-likeness (QED) is 0.356. The van der Waals surface area contributed by atoms with E-state index >= 15 is 0 Å². The first-order valence-corrected chi connectivity index (χ1v) is 7.48. The molecule has 0 radical (unpaired) electrons. The van der Waals surface area contributed by atoms with Crippen molar-refractivity contribution in [3.8, 4) is 0 Å². The van der Waals surface area contributed by atoms with Crippen molar-refractivity contribution in [1.29, 1.82) is 0 Å². The van der Waals surface area contributed by atoms with Crippen molar-refractivity contribution in [2.75, 3.05) is 33.4 Å². The highest BCUT2D eigenvalue weighted by Crippen LogP contribution is 2.07.